The van der Waals surface area contributed by atoms with E-state index in [9.17, 15) is 4.79 Å². The Morgan fingerprint density at radius 2 is 2.35 bits per heavy atom. The molecule has 0 radical (unpaired) electrons. The first kappa shape index (κ1) is 14.2. The number of carbonyl (C=O) groups is 1. The lowest BCUT2D eigenvalue weighted by Crippen LogP contribution is -2.26. The van der Waals surface area contributed by atoms with E-state index in [2.05, 4.69) is 33.3 Å². The summed E-state index contributed by atoms with van der Waals surface area (Å²) >= 11 is 3.45. The minimum absolute atomic E-state index is 0.0420. The first-order valence-electron chi connectivity index (χ1n) is 5.89. The number of hydrogen-bond acceptors (Lipinski definition) is 2. The summed E-state index contributed by atoms with van der Waals surface area (Å²) < 4.78 is 1.62. The van der Waals surface area contributed by atoms with E-state index in [0.717, 1.165) is 30.4 Å². The summed E-state index contributed by atoms with van der Waals surface area (Å²) in [5, 5.41) is 8.08. The van der Waals surface area contributed by atoms with Gasteiger partial charge in [-0.3, -0.25) is 9.48 Å². The topological polar surface area (TPSA) is 46.9 Å². The Balaban J connectivity index is 2.33. The highest BCUT2D eigenvalue weighted by Gasteiger charge is 2.10. The van der Waals surface area contributed by atoms with E-state index in [0.29, 0.717) is 11.6 Å². The molecule has 0 saturated carbocycles. The summed E-state index contributed by atoms with van der Waals surface area (Å²) in [6.07, 6.45) is 2.13. The third kappa shape index (κ3) is 4.50. The smallest absolute Gasteiger partial charge is 0.269 e. The summed E-state index contributed by atoms with van der Waals surface area (Å²) in [7, 11) is 1.79. The molecule has 1 N–H and O–H groups in total. The zero-order valence-corrected chi connectivity index (χ0v) is 12.2. The van der Waals surface area contributed by atoms with Crippen molar-refractivity contribution in [2.45, 2.75) is 26.7 Å². The third-order valence-corrected chi connectivity index (χ3v) is 3.76. The van der Waals surface area contributed by atoms with Crippen LogP contribution in [0.1, 0.15) is 35.9 Å². The van der Waals surface area contributed by atoms with Crippen LogP contribution in [-0.4, -0.2) is 27.6 Å². The van der Waals surface area contributed by atoms with Gasteiger partial charge in [-0.05, 0) is 31.7 Å². The van der Waals surface area contributed by atoms with E-state index in [1.165, 1.54) is 0 Å². The van der Waals surface area contributed by atoms with Gasteiger partial charge in [0.15, 0.2) is 0 Å². The van der Waals surface area contributed by atoms with Crippen molar-refractivity contribution in [1.29, 1.82) is 0 Å². The molecule has 17 heavy (non-hydrogen) atoms. The van der Waals surface area contributed by atoms with Crippen LogP contribution in [0.25, 0.3) is 0 Å². The van der Waals surface area contributed by atoms with E-state index < -0.39 is 0 Å². The standard InChI is InChI=1S/C12H20BrN3O/c1-9(8-13)5-4-6-14-12(17)11-7-10(2)15-16(11)3/h7,9H,4-6,8H2,1-3H3,(H,14,17). The molecule has 0 aliphatic heterocycles. The molecule has 0 bridgehead atoms. The van der Waals surface area contributed by atoms with Crippen molar-refractivity contribution in [3.63, 3.8) is 0 Å². The maximum Gasteiger partial charge on any atom is 0.269 e. The fourth-order valence-corrected chi connectivity index (χ4v) is 1.97. The summed E-state index contributed by atoms with van der Waals surface area (Å²) in [4.78, 5) is 11.8. The lowest BCUT2D eigenvalue weighted by Gasteiger charge is -2.08. The van der Waals surface area contributed by atoms with Gasteiger partial charge in [0.25, 0.3) is 5.91 Å². The number of amides is 1. The average molecular weight is 302 g/mol. The third-order valence-electron chi connectivity index (χ3n) is 2.66. The van der Waals surface area contributed by atoms with Crippen molar-refractivity contribution in [2.75, 3.05) is 11.9 Å². The van der Waals surface area contributed by atoms with Crippen LogP contribution in [0.5, 0.6) is 0 Å². The molecule has 0 aliphatic rings. The lowest BCUT2D eigenvalue weighted by atomic mass is 10.1. The van der Waals surface area contributed by atoms with Gasteiger partial charge in [-0.25, -0.2) is 0 Å². The molecule has 1 unspecified atom stereocenters. The second-order valence-corrected chi connectivity index (χ2v) is 5.10. The van der Waals surface area contributed by atoms with E-state index >= 15 is 0 Å². The Bertz CT molecular complexity index is 376. The van der Waals surface area contributed by atoms with Crippen LogP contribution in [0.4, 0.5) is 0 Å². The lowest BCUT2D eigenvalue weighted by molar-refractivity contribution is 0.0943. The highest BCUT2D eigenvalue weighted by atomic mass is 79.9. The van der Waals surface area contributed by atoms with Crippen LogP contribution in [0, 0.1) is 12.8 Å². The number of carbonyl (C=O) groups excluding carboxylic acids is 1. The van der Waals surface area contributed by atoms with Gasteiger partial charge < -0.3 is 5.32 Å². The zero-order valence-electron chi connectivity index (χ0n) is 10.7. The summed E-state index contributed by atoms with van der Waals surface area (Å²) in [5.41, 5.74) is 1.49. The molecule has 1 amide bonds. The molecule has 0 aliphatic carbocycles. The van der Waals surface area contributed by atoms with Gasteiger partial charge in [0.05, 0.1) is 5.69 Å². The Morgan fingerprint density at radius 1 is 1.65 bits per heavy atom. The van der Waals surface area contributed by atoms with Crippen molar-refractivity contribution in [1.82, 2.24) is 15.1 Å². The second-order valence-electron chi connectivity index (χ2n) is 4.45. The van der Waals surface area contributed by atoms with Crippen molar-refractivity contribution in [3.8, 4) is 0 Å². The number of halogens is 1. The van der Waals surface area contributed by atoms with Crippen LogP contribution in [0.2, 0.25) is 0 Å². The van der Waals surface area contributed by atoms with E-state index in [-0.39, 0.29) is 5.91 Å². The Hall–Kier alpha value is -0.840. The number of nitrogens with zero attached hydrogens (tertiary/aromatic N) is 2. The van der Waals surface area contributed by atoms with Gasteiger partial charge in [-0.15, -0.1) is 0 Å². The van der Waals surface area contributed by atoms with Crippen molar-refractivity contribution in [2.24, 2.45) is 13.0 Å². The van der Waals surface area contributed by atoms with Crippen LogP contribution < -0.4 is 5.32 Å². The minimum atomic E-state index is -0.0420. The fourth-order valence-electron chi connectivity index (χ4n) is 1.64. The van der Waals surface area contributed by atoms with Crippen LogP contribution in [0.15, 0.2) is 6.07 Å². The van der Waals surface area contributed by atoms with E-state index in [4.69, 9.17) is 0 Å². The highest BCUT2D eigenvalue weighted by molar-refractivity contribution is 9.09. The molecule has 1 aromatic rings. The molecular weight excluding hydrogens is 282 g/mol. The largest absolute Gasteiger partial charge is 0.351 e. The molecule has 1 rings (SSSR count). The number of aromatic nitrogens is 2. The SMILES string of the molecule is Cc1cc(C(=O)NCCCC(C)CBr)n(C)n1. The summed E-state index contributed by atoms with van der Waals surface area (Å²) in [6.45, 7) is 4.80. The Kier molecular flexibility index (Phi) is 5.68. The molecular formula is C12H20BrN3O. The number of aryl methyl sites for hydroxylation is 2. The number of nitrogens with one attached hydrogen (secondary N) is 1. The monoisotopic (exact) mass is 301 g/mol. The van der Waals surface area contributed by atoms with Gasteiger partial charge in [-0.2, -0.15) is 5.10 Å². The van der Waals surface area contributed by atoms with E-state index in [1.54, 1.807) is 17.8 Å². The number of rotatable bonds is 6. The Labute approximate surface area is 111 Å². The molecule has 0 saturated heterocycles. The molecule has 96 valence electrons. The number of hydrogen-bond donors (Lipinski definition) is 1. The first-order chi connectivity index (χ1) is 8.04. The Morgan fingerprint density at radius 3 is 2.88 bits per heavy atom. The predicted octanol–water partition coefficient (Wildman–Crippen LogP) is 2.27. The molecule has 4 nitrogen and oxygen atoms in total. The molecule has 0 spiro atoms. The molecule has 1 aromatic heterocycles. The van der Waals surface area contributed by atoms with Gasteiger partial charge in [0, 0.05) is 18.9 Å². The maximum absolute atomic E-state index is 11.8. The van der Waals surface area contributed by atoms with Gasteiger partial charge in [0.1, 0.15) is 5.69 Å². The summed E-state index contributed by atoms with van der Waals surface area (Å²) in [5.74, 6) is 0.616. The quantitative estimate of drug-likeness (QED) is 0.647. The molecule has 5 heteroatoms. The van der Waals surface area contributed by atoms with Gasteiger partial charge in [0.2, 0.25) is 0 Å². The van der Waals surface area contributed by atoms with Gasteiger partial charge >= 0.3 is 0 Å². The molecule has 1 atom stereocenters. The van der Waals surface area contributed by atoms with Crippen LogP contribution in [-0.2, 0) is 7.05 Å². The average Bonchev–Trinajstić information content (AvgIpc) is 2.63. The first-order valence-corrected chi connectivity index (χ1v) is 7.01. The number of alkyl halides is 1. The van der Waals surface area contributed by atoms with Crippen molar-refractivity contribution in [3.05, 3.63) is 17.5 Å². The van der Waals surface area contributed by atoms with Crippen LogP contribution in [0.3, 0.4) is 0 Å². The van der Waals surface area contributed by atoms with Crippen molar-refractivity contribution < 1.29 is 4.79 Å². The van der Waals surface area contributed by atoms with E-state index in [1.807, 2.05) is 6.92 Å². The predicted molar refractivity (Wildman–Crippen MR) is 72.5 cm³/mol. The van der Waals surface area contributed by atoms with Gasteiger partial charge in [-0.1, -0.05) is 22.9 Å². The highest BCUT2D eigenvalue weighted by Crippen LogP contribution is 2.07. The molecule has 0 aromatic carbocycles. The zero-order chi connectivity index (χ0) is 12.8. The molecule has 1 heterocycles. The maximum atomic E-state index is 11.8. The van der Waals surface area contributed by atoms with Crippen molar-refractivity contribution >= 4 is 21.8 Å². The fraction of sp³-hybridized carbons (Fsp3) is 0.667. The van der Waals surface area contributed by atoms with Crippen LogP contribution >= 0.6 is 15.9 Å². The summed E-state index contributed by atoms with van der Waals surface area (Å²) in [6, 6.07) is 1.80. The minimum Gasteiger partial charge on any atom is -0.351 e. The normalized spacial score (nSPS) is 12.5. The molecule has 0 fully saturated rings. The second kappa shape index (κ2) is 6.79.